The van der Waals surface area contributed by atoms with E-state index in [4.69, 9.17) is 28.5 Å². The topological polar surface area (TPSA) is 54.5 Å². The Morgan fingerprint density at radius 2 is 2.14 bits per heavy atom. The molecule has 0 N–H and O–H groups in total. The summed E-state index contributed by atoms with van der Waals surface area (Å²) in [4.78, 5) is 8.59. The number of benzene rings is 1. The van der Waals surface area contributed by atoms with Gasteiger partial charge in [-0.2, -0.15) is 5.26 Å². The maximum Gasteiger partial charge on any atom is 0.132 e. The van der Waals surface area contributed by atoms with Crippen LogP contribution in [0.1, 0.15) is 23.7 Å². The average Bonchev–Trinajstić information content (AvgIpc) is 2.86. The first kappa shape index (κ1) is 13.9. The lowest BCUT2D eigenvalue weighted by atomic mass is 10.2. The second-order valence-corrected chi connectivity index (χ2v) is 5.63. The summed E-state index contributed by atoms with van der Waals surface area (Å²) in [5, 5.41) is 9.13. The molecule has 104 valence electrons. The number of aromatic nitrogens is 3. The van der Waals surface area contributed by atoms with E-state index >= 15 is 0 Å². The minimum Gasteiger partial charge on any atom is -0.293 e. The number of halogens is 2. The fourth-order valence-electron chi connectivity index (χ4n) is 2.23. The first-order chi connectivity index (χ1) is 10.1. The molecule has 0 saturated carbocycles. The summed E-state index contributed by atoms with van der Waals surface area (Å²) in [6.07, 6.45) is 3.38. The minimum absolute atomic E-state index is 0.288. The van der Waals surface area contributed by atoms with Crippen molar-refractivity contribution in [3.05, 3.63) is 53.1 Å². The number of nitrogens with zero attached hydrogens (tertiary/aromatic N) is 4. The molecule has 0 radical (unpaired) electrons. The van der Waals surface area contributed by atoms with Crippen molar-refractivity contribution in [2.45, 2.75) is 12.3 Å². The molecule has 1 aromatic carbocycles. The summed E-state index contributed by atoms with van der Waals surface area (Å²) in [5.74, 6) is 0.686. The molecule has 0 aliphatic carbocycles. The van der Waals surface area contributed by atoms with E-state index in [-0.39, 0.29) is 5.38 Å². The van der Waals surface area contributed by atoms with Crippen LogP contribution in [-0.4, -0.2) is 14.5 Å². The number of alkyl halides is 1. The van der Waals surface area contributed by atoms with E-state index < -0.39 is 0 Å². The zero-order chi connectivity index (χ0) is 15.0. The van der Waals surface area contributed by atoms with Crippen LogP contribution in [0.5, 0.6) is 0 Å². The van der Waals surface area contributed by atoms with Gasteiger partial charge in [0.1, 0.15) is 11.3 Å². The van der Waals surface area contributed by atoms with Crippen molar-refractivity contribution in [2.75, 3.05) is 0 Å². The Balaban J connectivity index is 2.33. The summed E-state index contributed by atoms with van der Waals surface area (Å²) >= 11 is 12.6. The second-order valence-electron chi connectivity index (χ2n) is 4.56. The molecule has 0 saturated heterocycles. The number of nitriles is 1. The highest BCUT2D eigenvalue weighted by atomic mass is 35.5. The van der Waals surface area contributed by atoms with Crippen molar-refractivity contribution >= 4 is 34.2 Å². The van der Waals surface area contributed by atoms with Gasteiger partial charge in [-0.3, -0.25) is 9.55 Å². The molecule has 1 atom stereocenters. The van der Waals surface area contributed by atoms with Gasteiger partial charge < -0.3 is 0 Å². The third-order valence-electron chi connectivity index (χ3n) is 3.16. The molecule has 2 heterocycles. The van der Waals surface area contributed by atoms with Crippen LogP contribution in [0.15, 0.2) is 36.7 Å². The Bertz CT molecular complexity index is 862. The van der Waals surface area contributed by atoms with Crippen LogP contribution in [0, 0.1) is 11.3 Å². The molecule has 0 spiro atoms. The first-order valence-corrected chi connectivity index (χ1v) is 7.09. The van der Waals surface area contributed by atoms with E-state index in [0.717, 1.165) is 16.7 Å². The SMILES string of the molecule is CC(Cl)c1nc2cnccc2n1-c1ccc(C#N)cc1Cl. The van der Waals surface area contributed by atoms with Crippen LogP contribution in [-0.2, 0) is 0 Å². The van der Waals surface area contributed by atoms with Crippen molar-refractivity contribution < 1.29 is 0 Å². The number of imidazole rings is 1. The van der Waals surface area contributed by atoms with Gasteiger partial charge in [-0.25, -0.2) is 4.98 Å². The normalized spacial score (nSPS) is 12.3. The molecule has 0 fully saturated rings. The van der Waals surface area contributed by atoms with Crippen LogP contribution in [0.25, 0.3) is 16.7 Å². The molecule has 4 nitrogen and oxygen atoms in total. The van der Waals surface area contributed by atoms with Crippen molar-refractivity contribution in [2.24, 2.45) is 0 Å². The van der Waals surface area contributed by atoms with Gasteiger partial charge in [-0.05, 0) is 31.2 Å². The number of pyridine rings is 1. The van der Waals surface area contributed by atoms with Crippen LogP contribution in [0.3, 0.4) is 0 Å². The van der Waals surface area contributed by atoms with Crippen molar-refractivity contribution in [1.82, 2.24) is 14.5 Å². The van der Waals surface area contributed by atoms with E-state index in [1.807, 2.05) is 17.6 Å². The van der Waals surface area contributed by atoms with E-state index in [1.165, 1.54) is 0 Å². The van der Waals surface area contributed by atoms with Crippen molar-refractivity contribution in [1.29, 1.82) is 5.26 Å². The van der Waals surface area contributed by atoms with Gasteiger partial charge >= 0.3 is 0 Å². The van der Waals surface area contributed by atoms with Gasteiger partial charge in [0.2, 0.25) is 0 Å². The highest BCUT2D eigenvalue weighted by Gasteiger charge is 2.18. The molecule has 2 aromatic heterocycles. The molecule has 3 rings (SSSR count). The van der Waals surface area contributed by atoms with Gasteiger partial charge in [0, 0.05) is 6.20 Å². The van der Waals surface area contributed by atoms with Gasteiger partial charge in [-0.1, -0.05) is 11.6 Å². The monoisotopic (exact) mass is 316 g/mol. The fourth-order valence-corrected chi connectivity index (χ4v) is 2.64. The molecule has 6 heteroatoms. The van der Waals surface area contributed by atoms with Gasteiger partial charge in [-0.15, -0.1) is 11.6 Å². The molecule has 0 bridgehead atoms. The fraction of sp³-hybridized carbons (Fsp3) is 0.133. The number of hydrogen-bond donors (Lipinski definition) is 0. The van der Waals surface area contributed by atoms with Crippen LogP contribution in [0.2, 0.25) is 5.02 Å². The molecular formula is C15H10Cl2N4. The molecule has 0 amide bonds. The quantitative estimate of drug-likeness (QED) is 0.664. The smallest absolute Gasteiger partial charge is 0.132 e. The van der Waals surface area contributed by atoms with Crippen LogP contribution >= 0.6 is 23.2 Å². The van der Waals surface area contributed by atoms with Crippen molar-refractivity contribution in [3.63, 3.8) is 0 Å². The van der Waals surface area contributed by atoms with Crippen molar-refractivity contribution in [3.8, 4) is 11.8 Å². The molecule has 21 heavy (non-hydrogen) atoms. The Hall–Kier alpha value is -2.09. The van der Waals surface area contributed by atoms with E-state index in [0.29, 0.717) is 16.4 Å². The summed E-state index contributed by atoms with van der Waals surface area (Å²) in [6, 6.07) is 9.08. The number of hydrogen-bond acceptors (Lipinski definition) is 3. The van der Waals surface area contributed by atoms with Crippen LogP contribution in [0.4, 0.5) is 0 Å². The molecule has 0 aliphatic heterocycles. The summed E-state index contributed by atoms with van der Waals surface area (Å²) in [5.41, 5.74) is 2.88. The van der Waals surface area contributed by atoms with E-state index in [1.54, 1.807) is 30.6 Å². The Labute approximate surface area is 131 Å². The lowest BCUT2D eigenvalue weighted by molar-refractivity contribution is 0.882. The highest BCUT2D eigenvalue weighted by molar-refractivity contribution is 6.32. The standard InChI is InChI=1S/C15H10Cl2N4/c1-9(16)15-20-12-8-19-5-4-14(12)21(15)13-3-2-10(7-18)6-11(13)17/h2-6,8-9H,1H3. The zero-order valence-electron chi connectivity index (χ0n) is 11.1. The Morgan fingerprint density at radius 1 is 1.33 bits per heavy atom. The maximum absolute atomic E-state index is 8.94. The zero-order valence-corrected chi connectivity index (χ0v) is 12.6. The van der Waals surface area contributed by atoms with Gasteiger partial charge in [0.25, 0.3) is 0 Å². The van der Waals surface area contributed by atoms with Gasteiger partial charge in [0.05, 0.1) is 39.4 Å². The maximum atomic E-state index is 8.94. The molecular weight excluding hydrogens is 307 g/mol. The van der Waals surface area contributed by atoms with E-state index in [9.17, 15) is 0 Å². The largest absolute Gasteiger partial charge is 0.293 e. The minimum atomic E-state index is -0.288. The third kappa shape index (κ3) is 2.35. The van der Waals surface area contributed by atoms with E-state index in [2.05, 4.69) is 16.0 Å². The Kier molecular flexibility index (Phi) is 3.54. The third-order valence-corrected chi connectivity index (χ3v) is 3.65. The predicted molar refractivity (Wildman–Crippen MR) is 82.9 cm³/mol. The molecule has 1 unspecified atom stereocenters. The lowest BCUT2D eigenvalue weighted by Crippen LogP contribution is -2.02. The lowest BCUT2D eigenvalue weighted by Gasteiger charge is -2.12. The first-order valence-electron chi connectivity index (χ1n) is 6.28. The summed E-state index contributed by atoms with van der Waals surface area (Å²) in [7, 11) is 0. The number of fused-ring (bicyclic) bond motifs is 1. The van der Waals surface area contributed by atoms with Gasteiger partial charge in [0.15, 0.2) is 0 Å². The summed E-state index contributed by atoms with van der Waals surface area (Å²) < 4.78 is 1.90. The molecule has 0 aliphatic rings. The molecule has 3 aromatic rings. The highest BCUT2D eigenvalue weighted by Crippen LogP contribution is 2.31. The predicted octanol–water partition coefficient (Wildman–Crippen LogP) is 4.25. The average molecular weight is 317 g/mol. The second kappa shape index (κ2) is 5.36. The number of rotatable bonds is 2. The Morgan fingerprint density at radius 3 is 2.81 bits per heavy atom. The summed E-state index contributed by atoms with van der Waals surface area (Å²) in [6.45, 7) is 1.85. The van der Waals surface area contributed by atoms with Crippen LogP contribution < -0.4 is 0 Å².